The van der Waals surface area contributed by atoms with E-state index in [1.807, 2.05) is 0 Å². The lowest BCUT2D eigenvalue weighted by Gasteiger charge is -2.35. The van der Waals surface area contributed by atoms with Crippen molar-refractivity contribution in [2.24, 2.45) is 0 Å². The van der Waals surface area contributed by atoms with E-state index in [1.165, 1.54) is 41.8 Å². The van der Waals surface area contributed by atoms with Gasteiger partial charge in [0.2, 0.25) is 0 Å². The van der Waals surface area contributed by atoms with E-state index in [0.29, 0.717) is 0 Å². The predicted molar refractivity (Wildman–Crippen MR) is 185 cm³/mol. The fourth-order valence-corrected chi connectivity index (χ4v) is 12.9. The molecule has 7 aromatic rings. The molecule has 0 N–H and O–H groups in total. The average molecular weight is 593 g/mol. The highest BCUT2D eigenvalue weighted by molar-refractivity contribution is 7.98. The number of fused-ring (bicyclic) bond motifs is 2. The van der Waals surface area contributed by atoms with Crippen LogP contribution in [0.4, 0.5) is 0 Å². The van der Waals surface area contributed by atoms with Crippen LogP contribution in [-0.4, -0.2) is 15.3 Å². The van der Waals surface area contributed by atoms with Crippen LogP contribution in [0.1, 0.15) is 15.6 Å². The lowest BCUT2D eigenvalue weighted by atomic mass is 10.0. The number of benzene rings is 5. The van der Waals surface area contributed by atoms with Crippen LogP contribution in [-0.2, 0) is 0 Å². The molecule has 8 rings (SSSR count). The largest absolute Gasteiger partial charge is 0.236 e. The summed E-state index contributed by atoms with van der Waals surface area (Å²) in [7, 11) is 0. The van der Waals surface area contributed by atoms with Gasteiger partial charge in [-0.15, -0.1) is 22.7 Å². The van der Waals surface area contributed by atoms with Gasteiger partial charge < -0.3 is 0 Å². The van der Waals surface area contributed by atoms with Crippen molar-refractivity contribution in [1.82, 2.24) is 9.97 Å². The molecule has 200 valence electrons. The molecule has 0 unspecified atom stereocenters. The van der Waals surface area contributed by atoms with Crippen LogP contribution >= 0.6 is 29.6 Å². The van der Waals surface area contributed by atoms with Crippen molar-refractivity contribution >= 4 is 76.8 Å². The van der Waals surface area contributed by atoms with E-state index in [0.717, 1.165) is 21.0 Å². The van der Waals surface area contributed by atoms with Gasteiger partial charge in [-0.05, 0) is 65.0 Å². The number of hydrogen-bond acceptors (Lipinski definition) is 4. The van der Waals surface area contributed by atoms with Gasteiger partial charge in [0.05, 0.1) is 20.4 Å². The van der Waals surface area contributed by atoms with Crippen molar-refractivity contribution in [2.45, 2.75) is 0 Å². The van der Waals surface area contributed by atoms with E-state index < -0.39 is 6.89 Å². The second-order valence-corrected chi connectivity index (χ2v) is 15.6. The van der Waals surface area contributed by atoms with Crippen molar-refractivity contribution < 1.29 is 0 Å². The van der Waals surface area contributed by atoms with Gasteiger partial charge in [-0.25, -0.2) is 9.97 Å². The van der Waals surface area contributed by atoms with E-state index in [9.17, 15) is 0 Å². The third-order valence-electron chi connectivity index (χ3n) is 7.73. The average Bonchev–Trinajstić information content (AvgIpc) is 3.70. The Bertz CT molecular complexity index is 2080. The fourth-order valence-electron chi connectivity index (χ4n) is 5.84. The molecule has 0 aliphatic carbocycles. The van der Waals surface area contributed by atoms with E-state index in [2.05, 4.69) is 152 Å². The zero-order valence-electron chi connectivity index (χ0n) is 22.6. The first-order valence-corrected chi connectivity index (χ1v) is 17.3. The number of rotatable bonds is 5. The predicted octanol–water partition coefficient (Wildman–Crippen LogP) is 9.23. The van der Waals surface area contributed by atoms with Gasteiger partial charge in [-0.3, -0.25) is 0 Å². The number of aromatic nitrogens is 2. The van der Waals surface area contributed by atoms with Gasteiger partial charge in [0, 0.05) is 10.6 Å². The summed E-state index contributed by atoms with van der Waals surface area (Å²) >= 11 is 3.57. The van der Waals surface area contributed by atoms with E-state index >= 15 is 0 Å². The lowest BCUT2D eigenvalue weighted by Crippen LogP contribution is -2.25. The molecule has 5 aromatic carbocycles. The maximum absolute atomic E-state index is 5.30. The van der Waals surface area contributed by atoms with Gasteiger partial charge in [0.25, 0.3) is 0 Å². The summed E-state index contributed by atoms with van der Waals surface area (Å²) < 4.78 is 2.40. The topological polar surface area (TPSA) is 25.8 Å². The molecule has 2 nitrogen and oxygen atoms in total. The molecule has 5 heteroatoms. The molecule has 0 amide bonds. The Morgan fingerprint density at radius 3 is 1.50 bits per heavy atom. The standard InChI is InChI=1S/C37H25N2PS2/c1-4-14-26(15-5-1)27-24-32(36-38-30-20-10-12-22-34(30)41-36)40(28-16-6-2-7-17-28,29-18-8-3-9-19-29)33(25-27)37-39-31-21-11-13-23-35(31)42-37/h1-25H. The minimum atomic E-state index is -2.43. The van der Waals surface area contributed by atoms with E-state index in [-0.39, 0.29) is 0 Å². The summed E-state index contributed by atoms with van der Waals surface area (Å²) in [4.78, 5) is 10.6. The smallest absolute Gasteiger partial charge is 0.125 e. The van der Waals surface area contributed by atoms with Crippen LogP contribution in [0.25, 0.3) is 31.3 Å². The first-order chi connectivity index (χ1) is 20.8. The molecule has 0 saturated heterocycles. The Hall–Kier alpha value is -4.34. The van der Waals surface area contributed by atoms with Crippen LogP contribution < -0.4 is 10.6 Å². The Balaban J connectivity index is 1.59. The second kappa shape index (κ2) is 10.5. The molecular formula is C37H25N2PS2. The van der Waals surface area contributed by atoms with Gasteiger partial charge >= 0.3 is 0 Å². The highest BCUT2D eigenvalue weighted by atomic mass is 32.1. The van der Waals surface area contributed by atoms with Crippen molar-refractivity contribution in [3.05, 3.63) is 167 Å². The van der Waals surface area contributed by atoms with Crippen LogP contribution in [0, 0.1) is 0 Å². The van der Waals surface area contributed by atoms with Gasteiger partial charge in [-0.1, -0.05) is 115 Å². The van der Waals surface area contributed by atoms with E-state index in [4.69, 9.17) is 9.97 Å². The first kappa shape index (κ1) is 25.4. The monoisotopic (exact) mass is 592 g/mol. The normalized spacial score (nSPS) is 14.6. The van der Waals surface area contributed by atoms with Crippen molar-refractivity contribution in [3.8, 4) is 0 Å². The van der Waals surface area contributed by atoms with Crippen LogP contribution in [0.2, 0.25) is 0 Å². The minimum absolute atomic E-state index is 1.04. The molecule has 0 saturated carbocycles. The molecule has 2 aromatic heterocycles. The molecule has 0 spiro atoms. The Kier molecular flexibility index (Phi) is 6.34. The van der Waals surface area contributed by atoms with Crippen LogP contribution in [0.15, 0.2) is 152 Å². The maximum atomic E-state index is 5.30. The molecular weight excluding hydrogens is 568 g/mol. The molecule has 0 radical (unpaired) electrons. The molecule has 3 heterocycles. The van der Waals surface area contributed by atoms with Gasteiger partial charge in [-0.2, -0.15) is 0 Å². The molecule has 42 heavy (non-hydrogen) atoms. The summed E-state index contributed by atoms with van der Waals surface area (Å²) in [6.45, 7) is -2.43. The van der Waals surface area contributed by atoms with E-state index in [1.54, 1.807) is 22.7 Å². The highest BCUT2D eigenvalue weighted by Crippen LogP contribution is 2.63. The summed E-state index contributed by atoms with van der Waals surface area (Å²) in [5.41, 5.74) is 4.44. The first-order valence-electron chi connectivity index (χ1n) is 13.9. The minimum Gasteiger partial charge on any atom is -0.236 e. The fraction of sp³-hybridized carbons (Fsp3) is 0. The quantitative estimate of drug-likeness (QED) is 0.186. The molecule has 0 fully saturated rings. The molecule has 0 atom stereocenters. The third kappa shape index (κ3) is 4.15. The van der Waals surface area contributed by atoms with Crippen LogP contribution in [0.5, 0.6) is 0 Å². The second-order valence-electron chi connectivity index (χ2n) is 10.2. The Morgan fingerprint density at radius 1 is 0.452 bits per heavy atom. The summed E-state index contributed by atoms with van der Waals surface area (Å²) in [6.07, 6.45) is 4.83. The number of thiazole rings is 2. The zero-order valence-corrected chi connectivity index (χ0v) is 25.1. The molecule has 1 aliphatic rings. The third-order valence-corrected chi connectivity index (χ3v) is 14.4. The summed E-state index contributed by atoms with van der Waals surface area (Å²) in [6, 6.07) is 49.8. The summed E-state index contributed by atoms with van der Waals surface area (Å²) in [5, 5.41) is 7.29. The van der Waals surface area contributed by atoms with Gasteiger partial charge in [0.15, 0.2) is 0 Å². The van der Waals surface area contributed by atoms with Crippen molar-refractivity contribution in [2.75, 3.05) is 0 Å². The SMILES string of the molecule is C1=C(c2ccccc2)C=C(c2nc3ccccc3s2)P(c2ccccc2)(c2ccccc2)=C1c1nc2ccccc2s1. The number of hydrogen-bond donors (Lipinski definition) is 0. The van der Waals surface area contributed by atoms with Crippen molar-refractivity contribution in [1.29, 1.82) is 0 Å². The number of para-hydroxylation sites is 2. The number of allylic oxidation sites excluding steroid dienone is 3. The summed E-state index contributed by atoms with van der Waals surface area (Å²) in [5.74, 6) is 0. The lowest BCUT2D eigenvalue weighted by molar-refractivity contribution is 1.45. The highest BCUT2D eigenvalue weighted by Gasteiger charge is 2.37. The molecule has 1 aliphatic heterocycles. The Labute approximate surface area is 253 Å². The molecule has 0 bridgehead atoms. The zero-order chi connectivity index (χ0) is 27.9. The number of nitrogens with zero attached hydrogens (tertiary/aromatic N) is 2. The van der Waals surface area contributed by atoms with Crippen LogP contribution in [0.3, 0.4) is 0 Å². The maximum Gasteiger partial charge on any atom is 0.125 e. The van der Waals surface area contributed by atoms with Gasteiger partial charge in [0.1, 0.15) is 10.0 Å². The Morgan fingerprint density at radius 2 is 0.929 bits per heavy atom. The van der Waals surface area contributed by atoms with Crippen molar-refractivity contribution in [3.63, 3.8) is 0 Å².